The van der Waals surface area contributed by atoms with Crippen LogP contribution in [0.25, 0.3) is 22.0 Å². The minimum atomic E-state index is -1.47. The normalized spacial score (nSPS) is 12.9. The minimum absolute atomic E-state index is 0.0698. The zero-order valence-corrected chi connectivity index (χ0v) is 17.2. The molecule has 1 N–H and O–H groups in total. The molecule has 0 bridgehead atoms. The van der Waals surface area contributed by atoms with E-state index in [4.69, 9.17) is 4.74 Å². The molecule has 1 aliphatic heterocycles. The number of benzene rings is 3. The van der Waals surface area contributed by atoms with Crippen LogP contribution in [0, 0.1) is 29.1 Å². The van der Waals surface area contributed by atoms with Crippen molar-refractivity contribution in [3.8, 4) is 16.9 Å². The number of ether oxygens (including phenoxy) is 1. The van der Waals surface area contributed by atoms with Crippen LogP contribution in [0.4, 0.5) is 27.6 Å². The number of carbonyl (C=O) groups excluding carboxylic acids is 1. The number of carbonyl (C=O) groups is 1. The Morgan fingerprint density at radius 3 is 2.59 bits per heavy atom. The van der Waals surface area contributed by atoms with Gasteiger partial charge >= 0.3 is 0 Å². The van der Waals surface area contributed by atoms with Gasteiger partial charge in [0.15, 0.2) is 11.6 Å². The van der Waals surface area contributed by atoms with Crippen LogP contribution in [0.3, 0.4) is 0 Å². The molecule has 0 saturated heterocycles. The van der Waals surface area contributed by atoms with Crippen molar-refractivity contribution >= 4 is 22.5 Å². The van der Waals surface area contributed by atoms with Crippen LogP contribution in [0.1, 0.15) is 10.4 Å². The van der Waals surface area contributed by atoms with Crippen molar-refractivity contribution in [1.29, 1.82) is 0 Å². The highest BCUT2D eigenvalue weighted by atomic mass is 19.2. The molecule has 0 spiro atoms. The van der Waals surface area contributed by atoms with E-state index in [0.717, 1.165) is 12.3 Å². The molecule has 0 saturated carbocycles. The number of nitrogens with zero attached hydrogens (tertiary/aromatic N) is 2. The van der Waals surface area contributed by atoms with Gasteiger partial charge in [-0.3, -0.25) is 20.2 Å². The molecule has 0 atom stereocenters. The molecule has 1 aromatic heterocycles. The number of rotatable bonds is 3. The molecule has 0 radical (unpaired) electrons. The first-order valence-corrected chi connectivity index (χ1v) is 10.1. The second-order valence-corrected chi connectivity index (χ2v) is 7.52. The molecule has 5 rings (SSSR count). The van der Waals surface area contributed by atoms with Crippen molar-refractivity contribution in [3.63, 3.8) is 0 Å². The lowest BCUT2D eigenvalue weighted by Gasteiger charge is -2.31. The summed E-state index contributed by atoms with van der Waals surface area (Å²) in [6, 6.07) is 8.61. The van der Waals surface area contributed by atoms with Gasteiger partial charge in [0.1, 0.15) is 35.5 Å². The van der Waals surface area contributed by atoms with E-state index < -0.39 is 46.1 Å². The van der Waals surface area contributed by atoms with Crippen molar-refractivity contribution in [2.45, 2.75) is 0 Å². The van der Waals surface area contributed by atoms with Gasteiger partial charge in [-0.15, -0.1) is 0 Å². The Hall–Kier alpha value is -4.21. The molecule has 4 aromatic rings. The predicted octanol–water partition coefficient (Wildman–Crippen LogP) is 5.14. The smallest absolute Gasteiger partial charge is 0.271 e. The molecule has 0 unspecified atom stereocenters. The van der Waals surface area contributed by atoms with Crippen LogP contribution >= 0.6 is 0 Å². The molecule has 10 heteroatoms. The summed E-state index contributed by atoms with van der Waals surface area (Å²) in [7, 11) is 0. The lowest BCUT2D eigenvalue weighted by atomic mass is 9.99. The van der Waals surface area contributed by atoms with E-state index in [0.29, 0.717) is 23.6 Å². The maximum atomic E-state index is 14.6. The van der Waals surface area contributed by atoms with E-state index in [1.807, 2.05) is 0 Å². The van der Waals surface area contributed by atoms with Crippen LogP contribution in [0.5, 0.6) is 5.75 Å². The summed E-state index contributed by atoms with van der Waals surface area (Å²) in [5.41, 5.74) is 1.90. The number of fused-ring (bicyclic) bond motifs is 2. The van der Waals surface area contributed by atoms with Crippen LogP contribution < -0.4 is 15.2 Å². The molecule has 3 aromatic carbocycles. The Morgan fingerprint density at radius 2 is 1.76 bits per heavy atom. The van der Waals surface area contributed by atoms with Gasteiger partial charge in [0.25, 0.3) is 5.91 Å². The van der Waals surface area contributed by atoms with Crippen molar-refractivity contribution < 1.29 is 31.5 Å². The maximum Gasteiger partial charge on any atom is 0.271 e. The number of halogens is 5. The lowest BCUT2D eigenvalue weighted by molar-refractivity contribution is 0.0944. The number of pyridine rings is 1. The third-order valence-electron chi connectivity index (χ3n) is 5.35. The number of aromatic nitrogens is 1. The van der Waals surface area contributed by atoms with Crippen LogP contribution in [0.2, 0.25) is 0 Å². The number of nitrogens with one attached hydrogen (secondary N) is 1. The fourth-order valence-electron chi connectivity index (χ4n) is 3.79. The second-order valence-electron chi connectivity index (χ2n) is 7.52. The van der Waals surface area contributed by atoms with E-state index in [1.165, 1.54) is 35.3 Å². The van der Waals surface area contributed by atoms with Gasteiger partial charge in [0, 0.05) is 34.8 Å². The first kappa shape index (κ1) is 21.6. The Bertz CT molecular complexity index is 1460. The Labute approximate surface area is 189 Å². The van der Waals surface area contributed by atoms with E-state index in [2.05, 4.69) is 10.4 Å². The highest BCUT2D eigenvalue weighted by Gasteiger charge is 2.23. The van der Waals surface area contributed by atoms with Gasteiger partial charge in [-0.05, 0) is 36.4 Å². The van der Waals surface area contributed by atoms with Gasteiger partial charge < -0.3 is 4.74 Å². The summed E-state index contributed by atoms with van der Waals surface area (Å²) in [6.07, 6.45) is 1.13. The average Bonchev–Trinajstić information content (AvgIpc) is 2.81. The van der Waals surface area contributed by atoms with Gasteiger partial charge in [0.05, 0.1) is 17.6 Å². The van der Waals surface area contributed by atoms with Crippen LogP contribution in [0.15, 0.2) is 54.7 Å². The first-order chi connectivity index (χ1) is 16.3. The van der Waals surface area contributed by atoms with E-state index >= 15 is 0 Å². The first-order valence-electron chi connectivity index (χ1n) is 10.1. The van der Waals surface area contributed by atoms with Gasteiger partial charge in [0.2, 0.25) is 0 Å². The molecule has 1 aliphatic rings. The lowest BCUT2D eigenvalue weighted by Crippen LogP contribution is -2.46. The Morgan fingerprint density at radius 1 is 0.941 bits per heavy atom. The van der Waals surface area contributed by atoms with Crippen LogP contribution in [-0.2, 0) is 0 Å². The summed E-state index contributed by atoms with van der Waals surface area (Å²) in [5, 5.41) is 1.66. The van der Waals surface area contributed by atoms with E-state index in [1.54, 1.807) is 0 Å². The summed E-state index contributed by atoms with van der Waals surface area (Å²) < 4.78 is 75.5. The summed E-state index contributed by atoms with van der Waals surface area (Å²) in [4.78, 5) is 16.9. The molecule has 5 nitrogen and oxygen atoms in total. The molecule has 34 heavy (non-hydrogen) atoms. The highest BCUT2D eigenvalue weighted by molar-refractivity contribution is 6.01. The third kappa shape index (κ3) is 3.76. The SMILES string of the molecule is O=C(NN1CCOc2ccc(F)cc21)c1cnc2c(-c3cc(F)cc(F)c3F)c(F)ccc2c1. The van der Waals surface area contributed by atoms with Crippen molar-refractivity contribution in [3.05, 3.63) is 89.4 Å². The molecule has 0 fully saturated rings. The van der Waals surface area contributed by atoms with Gasteiger partial charge in [-0.1, -0.05) is 0 Å². The molecule has 2 heterocycles. The predicted molar refractivity (Wildman–Crippen MR) is 114 cm³/mol. The second kappa shape index (κ2) is 8.29. The zero-order chi connectivity index (χ0) is 24.0. The summed E-state index contributed by atoms with van der Waals surface area (Å²) in [6.45, 7) is 0.510. The van der Waals surface area contributed by atoms with Crippen LogP contribution in [-0.4, -0.2) is 24.0 Å². The molecule has 0 aliphatic carbocycles. The zero-order valence-electron chi connectivity index (χ0n) is 17.2. The molecular formula is C24H14F5N3O2. The van der Waals surface area contributed by atoms with E-state index in [9.17, 15) is 26.7 Å². The fourth-order valence-corrected chi connectivity index (χ4v) is 3.79. The number of hydrazine groups is 1. The quantitative estimate of drug-likeness (QED) is 0.332. The third-order valence-corrected chi connectivity index (χ3v) is 5.35. The maximum absolute atomic E-state index is 14.6. The fraction of sp³-hybridized carbons (Fsp3) is 0.0833. The summed E-state index contributed by atoms with van der Waals surface area (Å²) >= 11 is 0. The van der Waals surface area contributed by atoms with Gasteiger partial charge in [-0.25, -0.2) is 22.0 Å². The Balaban J connectivity index is 1.51. The number of amides is 1. The largest absolute Gasteiger partial charge is 0.489 e. The molecule has 172 valence electrons. The number of anilines is 1. The minimum Gasteiger partial charge on any atom is -0.489 e. The topological polar surface area (TPSA) is 54.5 Å². The molecule has 1 amide bonds. The summed E-state index contributed by atoms with van der Waals surface area (Å²) in [5.74, 6) is -5.61. The monoisotopic (exact) mass is 471 g/mol. The van der Waals surface area contributed by atoms with Crippen molar-refractivity contribution in [1.82, 2.24) is 10.4 Å². The van der Waals surface area contributed by atoms with Crippen molar-refractivity contribution in [2.75, 3.05) is 18.2 Å². The number of hydrogen-bond donors (Lipinski definition) is 1. The van der Waals surface area contributed by atoms with Crippen molar-refractivity contribution in [2.24, 2.45) is 0 Å². The molecular weight excluding hydrogens is 457 g/mol. The van der Waals surface area contributed by atoms with Gasteiger partial charge in [-0.2, -0.15) is 0 Å². The average molecular weight is 471 g/mol. The number of hydrogen-bond acceptors (Lipinski definition) is 4. The van der Waals surface area contributed by atoms with E-state index in [-0.39, 0.29) is 29.6 Å². The highest BCUT2D eigenvalue weighted by Crippen LogP contribution is 2.34. The Kier molecular flexibility index (Phi) is 5.27. The standard InChI is InChI=1S/C24H14F5N3O2/c25-14-2-4-20-19(10-14)32(5-6-34-20)31-24(33)13-7-12-1-3-17(27)21(23(12)30-11-13)16-8-15(26)9-18(28)22(16)29/h1-4,7-11H,5-6H2,(H,31,33).